The number of aromatic nitrogens is 2. The van der Waals surface area contributed by atoms with Crippen LogP contribution in [0, 0.1) is 0 Å². The van der Waals surface area contributed by atoms with Crippen molar-refractivity contribution in [3.8, 4) is 0 Å². The number of nitrogens with one attached hydrogen (secondary N) is 1. The molecule has 6 nitrogen and oxygen atoms in total. The molecule has 1 heterocycles. The van der Waals surface area contributed by atoms with Crippen LogP contribution in [0.5, 0.6) is 0 Å². The Balaban J connectivity index is 2.83. The summed E-state index contributed by atoms with van der Waals surface area (Å²) in [5, 5.41) is 3.02. The van der Waals surface area contributed by atoms with Gasteiger partial charge in [-0.2, -0.15) is 0 Å². The molecule has 0 unspecified atom stereocenters. The first-order valence-electron chi connectivity index (χ1n) is 5.55. The number of rotatable bonds is 6. The SMILES string of the molecule is CNCc1cnc(N(CC(N)=O)C(C)C)nc1. The number of anilines is 1. The molecular formula is C11H19N5O. The van der Waals surface area contributed by atoms with Crippen LogP contribution in [-0.2, 0) is 11.3 Å². The van der Waals surface area contributed by atoms with Crippen molar-refractivity contribution >= 4 is 11.9 Å². The lowest BCUT2D eigenvalue weighted by Crippen LogP contribution is -2.39. The molecule has 0 radical (unpaired) electrons. The molecule has 0 aliphatic heterocycles. The lowest BCUT2D eigenvalue weighted by atomic mass is 10.3. The number of primary amides is 1. The van der Waals surface area contributed by atoms with Crippen LogP contribution in [0.3, 0.4) is 0 Å². The molecule has 1 rings (SSSR count). The van der Waals surface area contributed by atoms with E-state index in [1.54, 1.807) is 17.3 Å². The van der Waals surface area contributed by atoms with E-state index in [-0.39, 0.29) is 18.5 Å². The van der Waals surface area contributed by atoms with Gasteiger partial charge in [-0.3, -0.25) is 4.79 Å². The molecule has 1 aromatic rings. The molecule has 0 fully saturated rings. The maximum Gasteiger partial charge on any atom is 0.237 e. The Labute approximate surface area is 101 Å². The predicted molar refractivity (Wildman–Crippen MR) is 66.5 cm³/mol. The van der Waals surface area contributed by atoms with E-state index in [9.17, 15) is 4.79 Å². The van der Waals surface area contributed by atoms with Gasteiger partial charge in [0.05, 0.1) is 6.54 Å². The highest BCUT2D eigenvalue weighted by atomic mass is 16.1. The summed E-state index contributed by atoms with van der Waals surface area (Å²) in [6, 6.07) is 0.123. The zero-order valence-electron chi connectivity index (χ0n) is 10.5. The van der Waals surface area contributed by atoms with Gasteiger partial charge >= 0.3 is 0 Å². The third-order valence-electron chi connectivity index (χ3n) is 2.28. The normalized spacial score (nSPS) is 10.6. The number of amides is 1. The van der Waals surface area contributed by atoms with Gasteiger partial charge in [0.2, 0.25) is 11.9 Å². The van der Waals surface area contributed by atoms with Crippen LogP contribution in [0.2, 0.25) is 0 Å². The molecular weight excluding hydrogens is 218 g/mol. The molecule has 0 spiro atoms. The minimum atomic E-state index is -0.387. The van der Waals surface area contributed by atoms with Gasteiger partial charge in [-0.1, -0.05) is 0 Å². The summed E-state index contributed by atoms with van der Waals surface area (Å²) in [6.45, 7) is 4.78. The van der Waals surface area contributed by atoms with Crippen molar-refractivity contribution in [1.29, 1.82) is 0 Å². The van der Waals surface area contributed by atoms with Crippen molar-refractivity contribution in [2.45, 2.75) is 26.4 Å². The van der Waals surface area contributed by atoms with Gasteiger partial charge in [0.1, 0.15) is 0 Å². The average Bonchev–Trinajstić information content (AvgIpc) is 2.27. The summed E-state index contributed by atoms with van der Waals surface area (Å²) in [7, 11) is 1.86. The second kappa shape index (κ2) is 6.15. The fourth-order valence-electron chi connectivity index (χ4n) is 1.44. The number of hydrogen-bond donors (Lipinski definition) is 2. The first-order chi connectivity index (χ1) is 8.04. The minimum absolute atomic E-state index is 0.123. The van der Waals surface area contributed by atoms with Crippen LogP contribution in [0.4, 0.5) is 5.95 Å². The van der Waals surface area contributed by atoms with Crippen molar-refractivity contribution < 1.29 is 4.79 Å². The monoisotopic (exact) mass is 237 g/mol. The third kappa shape index (κ3) is 3.99. The Hall–Kier alpha value is -1.69. The summed E-state index contributed by atoms with van der Waals surface area (Å²) in [6.07, 6.45) is 3.49. The molecule has 1 amide bonds. The highest BCUT2D eigenvalue weighted by Gasteiger charge is 2.15. The van der Waals surface area contributed by atoms with Crippen molar-refractivity contribution in [2.75, 3.05) is 18.5 Å². The molecule has 17 heavy (non-hydrogen) atoms. The average molecular weight is 237 g/mol. The number of carbonyl (C=O) groups excluding carboxylic acids is 1. The Kier molecular flexibility index (Phi) is 4.84. The number of hydrogen-bond acceptors (Lipinski definition) is 5. The van der Waals surface area contributed by atoms with Gasteiger partial charge < -0.3 is 16.0 Å². The largest absolute Gasteiger partial charge is 0.368 e. The van der Waals surface area contributed by atoms with Crippen molar-refractivity contribution in [2.24, 2.45) is 5.73 Å². The van der Waals surface area contributed by atoms with E-state index in [4.69, 9.17) is 5.73 Å². The lowest BCUT2D eigenvalue weighted by molar-refractivity contribution is -0.116. The second-order valence-corrected chi connectivity index (χ2v) is 4.11. The van der Waals surface area contributed by atoms with Gasteiger partial charge in [0, 0.05) is 30.5 Å². The summed E-state index contributed by atoms with van der Waals surface area (Å²) < 4.78 is 0. The fourth-order valence-corrected chi connectivity index (χ4v) is 1.44. The van der Waals surface area contributed by atoms with E-state index in [1.165, 1.54) is 0 Å². The van der Waals surface area contributed by atoms with Gasteiger partial charge in [0.25, 0.3) is 0 Å². The Morgan fingerprint density at radius 2 is 2.06 bits per heavy atom. The molecule has 0 aliphatic carbocycles. The number of carbonyl (C=O) groups is 1. The fraction of sp³-hybridized carbons (Fsp3) is 0.545. The first kappa shape index (κ1) is 13.4. The van der Waals surface area contributed by atoms with E-state index in [0.29, 0.717) is 5.95 Å². The Morgan fingerprint density at radius 3 is 2.47 bits per heavy atom. The highest BCUT2D eigenvalue weighted by Crippen LogP contribution is 2.10. The molecule has 0 atom stereocenters. The van der Waals surface area contributed by atoms with Crippen LogP contribution >= 0.6 is 0 Å². The highest BCUT2D eigenvalue weighted by molar-refractivity contribution is 5.78. The summed E-state index contributed by atoms with van der Waals surface area (Å²) in [5.41, 5.74) is 6.20. The molecule has 0 aromatic carbocycles. The maximum atomic E-state index is 11.0. The smallest absolute Gasteiger partial charge is 0.237 e. The standard InChI is InChI=1S/C11H19N5O/c1-8(2)16(7-10(12)17)11-14-5-9(4-13-3)6-15-11/h5-6,8,13H,4,7H2,1-3H3,(H2,12,17). The molecule has 94 valence electrons. The summed E-state index contributed by atoms with van der Waals surface area (Å²) in [5.74, 6) is 0.139. The maximum absolute atomic E-state index is 11.0. The quantitative estimate of drug-likeness (QED) is 0.721. The van der Waals surface area contributed by atoms with E-state index in [2.05, 4.69) is 15.3 Å². The Morgan fingerprint density at radius 1 is 1.47 bits per heavy atom. The molecule has 3 N–H and O–H groups in total. The summed E-state index contributed by atoms with van der Waals surface area (Å²) in [4.78, 5) is 21.2. The lowest BCUT2D eigenvalue weighted by Gasteiger charge is -2.25. The van der Waals surface area contributed by atoms with Crippen LogP contribution in [-0.4, -0.2) is 35.5 Å². The Bertz CT molecular complexity index is 363. The number of nitrogens with two attached hydrogens (primary N) is 1. The zero-order valence-corrected chi connectivity index (χ0v) is 10.5. The van der Waals surface area contributed by atoms with E-state index < -0.39 is 0 Å². The summed E-state index contributed by atoms with van der Waals surface area (Å²) >= 11 is 0. The topological polar surface area (TPSA) is 84.1 Å². The second-order valence-electron chi connectivity index (χ2n) is 4.11. The van der Waals surface area contributed by atoms with Gasteiger partial charge in [-0.15, -0.1) is 0 Å². The van der Waals surface area contributed by atoms with Gasteiger partial charge in [0.15, 0.2) is 0 Å². The van der Waals surface area contributed by atoms with E-state index in [0.717, 1.165) is 12.1 Å². The minimum Gasteiger partial charge on any atom is -0.368 e. The molecule has 0 aliphatic rings. The molecule has 6 heteroatoms. The van der Waals surface area contributed by atoms with E-state index in [1.807, 2.05) is 20.9 Å². The molecule has 0 saturated carbocycles. The first-order valence-corrected chi connectivity index (χ1v) is 5.55. The van der Waals surface area contributed by atoms with Crippen LogP contribution < -0.4 is 16.0 Å². The predicted octanol–water partition coefficient (Wildman–Crippen LogP) is -0.104. The van der Waals surface area contributed by atoms with Gasteiger partial charge in [-0.25, -0.2) is 9.97 Å². The van der Waals surface area contributed by atoms with Gasteiger partial charge in [-0.05, 0) is 20.9 Å². The van der Waals surface area contributed by atoms with Crippen molar-refractivity contribution in [3.05, 3.63) is 18.0 Å². The van der Waals surface area contributed by atoms with E-state index >= 15 is 0 Å². The van der Waals surface area contributed by atoms with Crippen LogP contribution in [0.15, 0.2) is 12.4 Å². The number of nitrogens with zero attached hydrogens (tertiary/aromatic N) is 3. The molecule has 0 bridgehead atoms. The molecule has 0 saturated heterocycles. The van der Waals surface area contributed by atoms with Crippen molar-refractivity contribution in [3.63, 3.8) is 0 Å². The van der Waals surface area contributed by atoms with Crippen LogP contribution in [0.25, 0.3) is 0 Å². The molecule has 1 aromatic heterocycles. The van der Waals surface area contributed by atoms with Crippen LogP contribution in [0.1, 0.15) is 19.4 Å². The van der Waals surface area contributed by atoms with Crippen molar-refractivity contribution in [1.82, 2.24) is 15.3 Å². The zero-order chi connectivity index (χ0) is 12.8. The third-order valence-corrected chi connectivity index (χ3v) is 2.28.